The quantitative estimate of drug-likeness (QED) is 0.212. The standard InChI is InChI=1S/C15H24AsO2PS4/c1-4-6-10-17-19(20,18-11-7-5-2)23-16-21-14-9-8-13(3)12-15(14)22-16/h8-9,12H,4-7,10-11H2,1-3H3. The Hall–Kier alpha value is 1.40. The predicted molar refractivity (Wildman–Crippen MR) is 112 cm³/mol. The summed E-state index contributed by atoms with van der Waals surface area (Å²) in [5, 5.41) is 0. The number of hydrogen-bond acceptors (Lipinski definition) is 6. The van der Waals surface area contributed by atoms with Gasteiger partial charge in [0.2, 0.25) is 0 Å². The van der Waals surface area contributed by atoms with Crippen molar-refractivity contribution in [2.75, 3.05) is 13.2 Å². The molecule has 0 N–H and O–H groups in total. The Bertz CT molecular complexity index is 544. The Kier molecular flexibility index (Phi) is 9.47. The molecule has 0 radical (unpaired) electrons. The number of unbranched alkanes of at least 4 members (excludes halogenated alkanes) is 2. The molecule has 1 heterocycles. The molecular weight excluding hydrogens is 446 g/mol. The van der Waals surface area contributed by atoms with Gasteiger partial charge in [-0.3, -0.25) is 0 Å². The third-order valence-electron chi connectivity index (χ3n) is 3.11. The zero-order valence-electron chi connectivity index (χ0n) is 13.8. The van der Waals surface area contributed by atoms with Crippen molar-refractivity contribution < 1.29 is 9.05 Å². The first kappa shape index (κ1) is 20.7. The summed E-state index contributed by atoms with van der Waals surface area (Å²) in [6.07, 6.45) is 4.38. The van der Waals surface area contributed by atoms with Crippen LogP contribution < -0.4 is 0 Å². The third kappa shape index (κ3) is 6.90. The van der Waals surface area contributed by atoms with E-state index < -0.39 is 16.9 Å². The van der Waals surface area contributed by atoms with Crippen LogP contribution in [0.2, 0.25) is 0 Å². The fraction of sp³-hybridized carbons (Fsp3) is 0.600. The summed E-state index contributed by atoms with van der Waals surface area (Å²) >= 11 is 4.59. The van der Waals surface area contributed by atoms with Gasteiger partial charge in [-0.2, -0.15) is 0 Å². The van der Waals surface area contributed by atoms with Crippen molar-refractivity contribution in [1.29, 1.82) is 0 Å². The molecule has 1 aromatic rings. The van der Waals surface area contributed by atoms with Crippen LogP contribution >= 0.6 is 35.4 Å². The van der Waals surface area contributed by atoms with Crippen molar-refractivity contribution in [2.45, 2.75) is 56.2 Å². The van der Waals surface area contributed by atoms with E-state index in [0.29, 0.717) is 0 Å². The van der Waals surface area contributed by atoms with Crippen LogP contribution in [0.4, 0.5) is 0 Å². The molecule has 1 aliphatic rings. The fourth-order valence-electron chi connectivity index (χ4n) is 1.78. The Labute approximate surface area is 159 Å². The van der Waals surface area contributed by atoms with Crippen molar-refractivity contribution in [2.24, 2.45) is 0 Å². The molecule has 0 spiro atoms. The molecular formula is C15H24AsO2PS4. The van der Waals surface area contributed by atoms with Gasteiger partial charge < -0.3 is 0 Å². The van der Waals surface area contributed by atoms with Crippen LogP contribution in [0.25, 0.3) is 0 Å². The molecule has 8 heteroatoms. The second kappa shape index (κ2) is 10.5. The van der Waals surface area contributed by atoms with Crippen LogP contribution in [0.5, 0.6) is 0 Å². The molecule has 1 aliphatic heterocycles. The van der Waals surface area contributed by atoms with Crippen molar-refractivity contribution in [1.82, 2.24) is 0 Å². The molecule has 0 saturated heterocycles. The molecule has 0 amide bonds. The first-order valence-electron chi connectivity index (χ1n) is 7.92. The van der Waals surface area contributed by atoms with Gasteiger partial charge in [-0.15, -0.1) is 0 Å². The molecule has 1 aromatic carbocycles. The summed E-state index contributed by atoms with van der Waals surface area (Å²) in [4.78, 5) is 2.84. The van der Waals surface area contributed by atoms with E-state index in [1.807, 2.05) is 29.7 Å². The van der Waals surface area contributed by atoms with Gasteiger partial charge in [-0.25, -0.2) is 0 Å². The second-order valence-electron chi connectivity index (χ2n) is 5.26. The molecule has 0 saturated carbocycles. The third-order valence-corrected chi connectivity index (χ3v) is 32.9. The minimum absolute atomic E-state index is 0.733. The van der Waals surface area contributed by atoms with Crippen LogP contribution in [0.15, 0.2) is 28.0 Å². The van der Waals surface area contributed by atoms with Crippen molar-refractivity contribution in [3.63, 3.8) is 0 Å². The minimum atomic E-state index is -2.20. The van der Waals surface area contributed by atoms with Gasteiger partial charge in [0.1, 0.15) is 0 Å². The summed E-state index contributed by atoms with van der Waals surface area (Å²) in [7, 11) is 5.92. The molecule has 2 rings (SSSR count). The zero-order valence-corrected chi connectivity index (χ0v) is 19.9. The predicted octanol–water partition coefficient (Wildman–Crippen LogP) is 6.77. The maximum absolute atomic E-state index is 6.08. The van der Waals surface area contributed by atoms with Gasteiger partial charge in [0.15, 0.2) is 0 Å². The molecule has 1 atom stereocenters. The number of fused-ring (bicyclic) bond motifs is 1. The first-order valence-corrected chi connectivity index (χ1v) is 20.4. The number of rotatable bonds is 10. The van der Waals surface area contributed by atoms with Gasteiger partial charge >= 0.3 is 161 Å². The van der Waals surface area contributed by atoms with Gasteiger partial charge in [-0.05, 0) is 0 Å². The topological polar surface area (TPSA) is 18.5 Å². The van der Waals surface area contributed by atoms with E-state index in [1.54, 1.807) is 0 Å². The molecule has 1 unspecified atom stereocenters. The molecule has 0 aromatic heterocycles. The van der Waals surface area contributed by atoms with Crippen molar-refractivity contribution in [3.8, 4) is 0 Å². The molecule has 130 valence electrons. The van der Waals surface area contributed by atoms with E-state index in [-0.39, 0.29) is 0 Å². The van der Waals surface area contributed by atoms with E-state index in [2.05, 4.69) is 39.0 Å². The second-order valence-corrected chi connectivity index (χ2v) is 27.8. The summed E-state index contributed by atoms with van der Waals surface area (Å²) in [5.74, 6) is 0. The van der Waals surface area contributed by atoms with E-state index in [4.69, 9.17) is 20.9 Å². The summed E-state index contributed by atoms with van der Waals surface area (Å²) in [6, 6.07) is 6.74. The number of benzene rings is 1. The number of aryl methyl sites for hydroxylation is 1. The van der Waals surface area contributed by atoms with Crippen molar-refractivity contribution in [3.05, 3.63) is 23.8 Å². The van der Waals surface area contributed by atoms with Crippen LogP contribution in [-0.2, 0) is 20.9 Å². The van der Waals surface area contributed by atoms with Crippen LogP contribution in [-0.4, -0.2) is 24.4 Å². The summed E-state index contributed by atoms with van der Waals surface area (Å²) in [6.45, 7) is 7.97. The molecule has 0 bridgehead atoms. The molecule has 23 heavy (non-hydrogen) atoms. The normalized spacial score (nSPS) is 17.4. The average Bonchev–Trinajstić information content (AvgIpc) is 2.88. The Balaban J connectivity index is 1.96. The van der Waals surface area contributed by atoms with Crippen LogP contribution in [0.3, 0.4) is 0 Å². The Morgan fingerprint density at radius 2 is 1.70 bits per heavy atom. The average molecular weight is 471 g/mol. The van der Waals surface area contributed by atoms with Crippen LogP contribution in [0, 0.1) is 6.92 Å². The monoisotopic (exact) mass is 470 g/mol. The van der Waals surface area contributed by atoms with Crippen LogP contribution in [0.1, 0.15) is 45.1 Å². The van der Waals surface area contributed by atoms with Gasteiger partial charge in [0.05, 0.1) is 0 Å². The van der Waals surface area contributed by atoms with Gasteiger partial charge in [0.25, 0.3) is 0 Å². The Morgan fingerprint density at radius 3 is 2.30 bits per heavy atom. The van der Waals surface area contributed by atoms with E-state index in [9.17, 15) is 0 Å². The summed E-state index contributed by atoms with van der Waals surface area (Å²) in [5.41, 5.74) is -0.866. The summed E-state index contributed by atoms with van der Waals surface area (Å²) < 4.78 is 12.2. The van der Waals surface area contributed by atoms with Crippen molar-refractivity contribution >= 4 is 58.4 Å². The molecule has 2 nitrogen and oxygen atoms in total. The van der Waals surface area contributed by atoms with Gasteiger partial charge in [-0.1, -0.05) is 0 Å². The fourth-order valence-corrected chi connectivity index (χ4v) is 41.2. The SMILES string of the molecule is CCCCOP(=S)(OCCCC)S[As]1Sc2ccc(C)cc2S1. The molecule has 0 aliphatic carbocycles. The van der Waals surface area contributed by atoms with Gasteiger partial charge in [0, 0.05) is 0 Å². The first-order chi connectivity index (χ1) is 11.1. The van der Waals surface area contributed by atoms with E-state index in [0.717, 1.165) is 38.9 Å². The Morgan fingerprint density at radius 1 is 1.09 bits per heavy atom. The zero-order chi connectivity index (χ0) is 16.7. The number of hydrogen-bond donors (Lipinski definition) is 0. The van der Waals surface area contributed by atoms with E-state index >= 15 is 0 Å². The van der Waals surface area contributed by atoms with E-state index in [1.165, 1.54) is 15.4 Å². The maximum atomic E-state index is 6.08. The molecule has 0 fully saturated rings.